The maximum atomic E-state index is 12.8. The van der Waals surface area contributed by atoms with Gasteiger partial charge in [-0.3, -0.25) is 4.79 Å². The Morgan fingerprint density at radius 3 is 2.57 bits per heavy atom. The van der Waals surface area contributed by atoms with Crippen LogP contribution >= 0.6 is 0 Å². The lowest BCUT2D eigenvalue weighted by Crippen LogP contribution is -2.28. The lowest BCUT2D eigenvalue weighted by atomic mass is 10.1. The van der Waals surface area contributed by atoms with Crippen LogP contribution < -0.4 is 10.1 Å². The molecule has 0 saturated heterocycles. The number of hydrogen-bond donors (Lipinski definition) is 1. The topological polar surface area (TPSA) is 38.3 Å². The van der Waals surface area contributed by atoms with Crippen LogP contribution in [-0.2, 0) is 0 Å². The van der Waals surface area contributed by atoms with Crippen molar-refractivity contribution in [1.82, 2.24) is 5.32 Å². The highest BCUT2D eigenvalue weighted by Gasteiger charge is 2.05. The summed E-state index contributed by atoms with van der Waals surface area (Å²) in [7, 11) is 0. The number of carbonyl (C=O) groups is 1. The molecule has 110 valence electrons. The van der Waals surface area contributed by atoms with Gasteiger partial charge in [0.1, 0.15) is 18.2 Å². The number of halogens is 1. The predicted molar refractivity (Wildman–Crippen MR) is 80.1 cm³/mol. The predicted octanol–water partition coefficient (Wildman–Crippen LogP) is 3.25. The van der Waals surface area contributed by atoms with E-state index in [9.17, 15) is 9.18 Å². The monoisotopic (exact) mass is 287 g/mol. The van der Waals surface area contributed by atoms with E-state index in [-0.39, 0.29) is 11.7 Å². The van der Waals surface area contributed by atoms with Gasteiger partial charge in [0.25, 0.3) is 5.91 Å². The van der Waals surface area contributed by atoms with Crippen LogP contribution in [0.15, 0.2) is 42.5 Å². The van der Waals surface area contributed by atoms with Crippen molar-refractivity contribution in [3.05, 3.63) is 65.0 Å². The highest BCUT2D eigenvalue weighted by Crippen LogP contribution is 2.20. The number of nitrogens with one attached hydrogen (secondary N) is 1. The van der Waals surface area contributed by atoms with Crippen LogP contribution in [0, 0.1) is 19.7 Å². The minimum Gasteiger partial charge on any atom is -0.491 e. The molecule has 3 nitrogen and oxygen atoms in total. The first-order valence-electron chi connectivity index (χ1n) is 6.80. The van der Waals surface area contributed by atoms with E-state index in [1.165, 1.54) is 29.8 Å². The molecule has 0 heterocycles. The number of amides is 1. The summed E-state index contributed by atoms with van der Waals surface area (Å²) in [4.78, 5) is 11.8. The van der Waals surface area contributed by atoms with Crippen molar-refractivity contribution < 1.29 is 13.9 Å². The zero-order valence-corrected chi connectivity index (χ0v) is 12.2. The summed E-state index contributed by atoms with van der Waals surface area (Å²) in [6.07, 6.45) is 0. The number of carbonyl (C=O) groups excluding carboxylic acids is 1. The highest BCUT2D eigenvalue weighted by atomic mass is 19.1. The second kappa shape index (κ2) is 6.88. The van der Waals surface area contributed by atoms with Crippen LogP contribution in [0.2, 0.25) is 0 Å². The summed E-state index contributed by atoms with van der Waals surface area (Å²) >= 11 is 0. The smallest absolute Gasteiger partial charge is 0.251 e. The fourth-order valence-electron chi connectivity index (χ4n) is 1.91. The third-order valence-corrected chi connectivity index (χ3v) is 3.31. The van der Waals surface area contributed by atoms with Gasteiger partial charge in [-0.05, 0) is 55.3 Å². The molecule has 0 spiro atoms. The lowest BCUT2D eigenvalue weighted by molar-refractivity contribution is 0.0947. The Morgan fingerprint density at radius 1 is 1.14 bits per heavy atom. The van der Waals surface area contributed by atoms with Crippen LogP contribution in [0.3, 0.4) is 0 Å². The minimum absolute atomic E-state index is 0.237. The van der Waals surface area contributed by atoms with E-state index in [0.717, 1.165) is 11.3 Å². The first-order chi connectivity index (χ1) is 10.1. The molecule has 0 aliphatic carbocycles. The Labute approximate surface area is 123 Å². The molecule has 0 radical (unpaired) electrons. The Bertz CT molecular complexity index is 623. The van der Waals surface area contributed by atoms with Crippen molar-refractivity contribution in [2.24, 2.45) is 0 Å². The van der Waals surface area contributed by atoms with E-state index in [1.54, 1.807) is 0 Å². The molecule has 2 aromatic carbocycles. The molecule has 1 amide bonds. The van der Waals surface area contributed by atoms with Gasteiger partial charge in [-0.25, -0.2) is 4.39 Å². The Kier molecular flexibility index (Phi) is 4.93. The third kappa shape index (κ3) is 4.05. The van der Waals surface area contributed by atoms with Gasteiger partial charge in [-0.15, -0.1) is 0 Å². The molecular weight excluding hydrogens is 269 g/mol. The van der Waals surface area contributed by atoms with Crippen molar-refractivity contribution >= 4 is 5.91 Å². The Hall–Kier alpha value is -2.36. The standard InChI is InChI=1S/C17H18FNO2/c1-12-4-3-5-16(13(12)2)21-11-10-19-17(20)14-6-8-15(18)9-7-14/h3-9H,10-11H2,1-2H3,(H,19,20). The molecule has 0 atom stereocenters. The maximum absolute atomic E-state index is 12.8. The van der Waals surface area contributed by atoms with Gasteiger partial charge in [-0.1, -0.05) is 12.1 Å². The first-order valence-corrected chi connectivity index (χ1v) is 6.80. The van der Waals surface area contributed by atoms with E-state index in [0.29, 0.717) is 18.7 Å². The van der Waals surface area contributed by atoms with Crippen molar-refractivity contribution in [3.8, 4) is 5.75 Å². The number of hydrogen-bond acceptors (Lipinski definition) is 2. The SMILES string of the molecule is Cc1cccc(OCCNC(=O)c2ccc(F)cc2)c1C. The summed E-state index contributed by atoms with van der Waals surface area (Å²) in [6.45, 7) is 4.81. The minimum atomic E-state index is -0.357. The van der Waals surface area contributed by atoms with Crippen LogP contribution in [0.1, 0.15) is 21.5 Å². The van der Waals surface area contributed by atoms with Crippen molar-refractivity contribution in [1.29, 1.82) is 0 Å². The molecule has 4 heteroatoms. The number of benzene rings is 2. The molecule has 1 N–H and O–H groups in total. The molecule has 21 heavy (non-hydrogen) atoms. The zero-order chi connectivity index (χ0) is 15.2. The Balaban J connectivity index is 1.80. The van der Waals surface area contributed by atoms with E-state index >= 15 is 0 Å². The quantitative estimate of drug-likeness (QED) is 0.857. The normalized spacial score (nSPS) is 10.2. The van der Waals surface area contributed by atoms with Crippen molar-refractivity contribution in [3.63, 3.8) is 0 Å². The van der Waals surface area contributed by atoms with Crippen LogP contribution in [0.5, 0.6) is 5.75 Å². The van der Waals surface area contributed by atoms with Crippen molar-refractivity contribution in [2.75, 3.05) is 13.2 Å². The molecule has 0 unspecified atom stereocenters. The van der Waals surface area contributed by atoms with E-state index in [4.69, 9.17) is 4.74 Å². The number of ether oxygens (including phenoxy) is 1. The fourth-order valence-corrected chi connectivity index (χ4v) is 1.91. The fraction of sp³-hybridized carbons (Fsp3) is 0.235. The molecule has 0 aromatic heterocycles. The summed E-state index contributed by atoms with van der Waals surface area (Å²) in [6, 6.07) is 11.3. The van der Waals surface area contributed by atoms with Gasteiger partial charge >= 0.3 is 0 Å². The van der Waals surface area contributed by atoms with Gasteiger partial charge in [0.15, 0.2) is 0 Å². The lowest BCUT2D eigenvalue weighted by Gasteiger charge is -2.11. The highest BCUT2D eigenvalue weighted by molar-refractivity contribution is 5.94. The van der Waals surface area contributed by atoms with Crippen LogP contribution in [0.25, 0.3) is 0 Å². The average molecular weight is 287 g/mol. The molecule has 0 aliphatic heterocycles. The molecule has 0 bridgehead atoms. The molecule has 0 fully saturated rings. The van der Waals surface area contributed by atoms with E-state index in [2.05, 4.69) is 5.32 Å². The average Bonchev–Trinajstić information content (AvgIpc) is 2.48. The molecular formula is C17H18FNO2. The van der Waals surface area contributed by atoms with Gasteiger partial charge in [-0.2, -0.15) is 0 Å². The second-order valence-electron chi connectivity index (χ2n) is 4.81. The van der Waals surface area contributed by atoms with Crippen LogP contribution in [0.4, 0.5) is 4.39 Å². The molecule has 2 aromatic rings. The van der Waals surface area contributed by atoms with E-state index < -0.39 is 0 Å². The largest absolute Gasteiger partial charge is 0.491 e. The second-order valence-corrected chi connectivity index (χ2v) is 4.81. The first kappa shape index (κ1) is 15.0. The molecule has 0 aliphatic rings. The van der Waals surface area contributed by atoms with Gasteiger partial charge in [0, 0.05) is 5.56 Å². The Morgan fingerprint density at radius 2 is 1.86 bits per heavy atom. The van der Waals surface area contributed by atoms with Crippen LogP contribution in [-0.4, -0.2) is 19.1 Å². The van der Waals surface area contributed by atoms with Gasteiger partial charge < -0.3 is 10.1 Å². The van der Waals surface area contributed by atoms with E-state index in [1.807, 2.05) is 32.0 Å². The summed E-state index contributed by atoms with van der Waals surface area (Å²) in [5.41, 5.74) is 2.70. The summed E-state index contributed by atoms with van der Waals surface area (Å²) in [5, 5.41) is 2.74. The summed E-state index contributed by atoms with van der Waals surface area (Å²) < 4.78 is 18.4. The zero-order valence-electron chi connectivity index (χ0n) is 12.2. The third-order valence-electron chi connectivity index (χ3n) is 3.31. The molecule has 2 rings (SSSR count). The molecule has 0 saturated carbocycles. The summed E-state index contributed by atoms with van der Waals surface area (Å²) in [5.74, 6) is 0.232. The maximum Gasteiger partial charge on any atom is 0.251 e. The van der Waals surface area contributed by atoms with Gasteiger partial charge in [0.05, 0.1) is 6.54 Å². The van der Waals surface area contributed by atoms with Crippen molar-refractivity contribution in [2.45, 2.75) is 13.8 Å². The number of aryl methyl sites for hydroxylation is 1. The number of rotatable bonds is 5. The van der Waals surface area contributed by atoms with Gasteiger partial charge in [0.2, 0.25) is 0 Å².